The molecule has 6 nitrogen and oxygen atoms in total. The van der Waals surface area contributed by atoms with Gasteiger partial charge in [0.1, 0.15) is 0 Å². The van der Waals surface area contributed by atoms with Gasteiger partial charge in [-0.15, -0.1) is 0 Å². The van der Waals surface area contributed by atoms with E-state index in [4.69, 9.17) is 9.47 Å². The predicted octanol–water partition coefficient (Wildman–Crippen LogP) is 15.7. The van der Waals surface area contributed by atoms with Crippen molar-refractivity contribution in [3.8, 4) is 0 Å². The molecule has 0 aliphatic heterocycles. The highest BCUT2D eigenvalue weighted by molar-refractivity contribution is 5.83. The number of ether oxygens (including phenoxy) is 2. The van der Waals surface area contributed by atoms with Gasteiger partial charge < -0.3 is 19.5 Å². The zero-order valence-corrected chi connectivity index (χ0v) is 40.1. The maximum atomic E-state index is 12.4. The van der Waals surface area contributed by atoms with Crippen LogP contribution in [0.15, 0.2) is 23.3 Å². The summed E-state index contributed by atoms with van der Waals surface area (Å²) < 4.78 is 11.1. The number of hydrogen-bond acceptors (Lipinski definition) is 6. The molecule has 59 heavy (non-hydrogen) atoms. The Labute approximate surface area is 367 Å². The van der Waals surface area contributed by atoms with Gasteiger partial charge in [-0.05, 0) is 96.6 Å². The summed E-state index contributed by atoms with van der Waals surface area (Å²) in [6, 6.07) is 0. The van der Waals surface area contributed by atoms with Crippen LogP contribution < -0.4 is 0 Å². The quantitative estimate of drug-likeness (QED) is 0.0374. The Balaban J connectivity index is 3.88. The molecule has 0 aromatic heterocycles. The summed E-state index contributed by atoms with van der Waals surface area (Å²) in [4.78, 5) is 27.4. The molecule has 0 aliphatic rings. The van der Waals surface area contributed by atoms with E-state index in [1.54, 1.807) is 12.2 Å². The molecule has 0 spiro atoms. The van der Waals surface area contributed by atoms with Crippen molar-refractivity contribution in [1.82, 2.24) is 4.90 Å². The highest BCUT2D eigenvalue weighted by atomic mass is 16.5. The Morgan fingerprint density at radius 1 is 0.373 bits per heavy atom. The van der Waals surface area contributed by atoms with E-state index in [9.17, 15) is 14.7 Å². The SMILES string of the molecule is CCCCCCCC(=CC(=O)OCCCCCCCCCCCN(CCCO)CCCCCCCCCCCOC(=O)/C=C(\CCCC)CCCCCCC)CCCC. The van der Waals surface area contributed by atoms with Gasteiger partial charge in [0.2, 0.25) is 0 Å². The second-order valence-corrected chi connectivity index (χ2v) is 17.8. The van der Waals surface area contributed by atoms with Gasteiger partial charge in [-0.3, -0.25) is 0 Å². The summed E-state index contributed by atoms with van der Waals surface area (Å²) in [6.45, 7) is 13.7. The Morgan fingerprint density at radius 2 is 0.661 bits per heavy atom. The highest BCUT2D eigenvalue weighted by Crippen LogP contribution is 2.19. The number of carbonyl (C=O) groups excluding carboxylic acids is 2. The molecule has 0 saturated heterocycles. The third-order valence-corrected chi connectivity index (χ3v) is 11.9. The number of aliphatic hydroxyl groups excluding tert-OH is 1. The van der Waals surface area contributed by atoms with Crippen molar-refractivity contribution < 1.29 is 24.2 Å². The Bertz CT molecular complexity index is 890. The lowest BCUT2D eigenvalue weighted by Gasteiger charge is -2.22. The van der Waals surface area contributed by atoms with Crippen molar-refractivity contribution in [2.75, 3.05) is 39.5 Å². The molecule has 348 valence electrons. The minimum atomic E-state index is -0.131. The number of allylic oxidation sites excluding steroid dienone is 2. The molecule has 0 rings (SSSR count). The Hall–Kier alpha value is -1.66. The summed E-state index contributed by atoms with van der Waals surface area (Å²) in [5, 5.41) is 9.42. The van der Waals surface area contributed by atoms with Crippen LogP contribution in [-0.2, 0) is 19.1 Å². The van der Waals surface area contributed by atoms with Crippen molar-refractivity contribution in [2.45, 2.75) is 265 Å². The van der Waals surface area contributed by atoms with Crippen LogP contribution in [0.3, 0.4) is 0 Å². The van der Waals surface area contributed by atoms with Crippen molar-refractivity contribution in [2.24, 2.45) is 0 Å². The van der Waals surface area contributed by atoms with Crippen LogP contribution in [0.5, 0.6) is 0 Å². The molecule has 0 aromatic carbocycles. The molecule has 0 bridgehead atoms. The van der Waals surface area contributed by atoms with E-state index < -0.39 is 0 Å². The number of unbranched alkanes of at least 4 members (excludes halogenated alkanes) is 26. The molecule has 0 aromatic rings. The topological polar surface area (TPSA) is 76.1 Å². The molecule has 0 aliphatic carbocycles. The van der Waals surface area contributed by atoms with E-state index >= 15 is 0 Å². The molecular formula is C53H101NO5. The zero-order chi connectivity index (χ0) is 43.1. The van der Waals surface area contributed by atoms with Crippen LogP contribution in [0.4, 0.5) is 0 Å². The fraction of sp³-hybridized carbons (Fsp3) is 0.887. The molecule has 0 atom stereocenters. The first kappa shape index (κ1) is 57.3. The maximum Gasteiger partial charge on any atom is 0.330 e. The van der Waals surface area contributed by atoms with E-state index in [0.29, 0.717) is 13.2 Å². The van der Waals surface area contributed by atoms with Crippen molar-refractivity contribution in [3.05, 3.63) is 23.3 Å². The number of rotatable bonds is 47. The Kier molecular flexibility index (Phi) is 46.1. The summed E-state index contributed by atoms with van der Waals surface area (Å²) in [6.07, 6.45) is 48.3. The van der Waals surface area contributed by atoms with E-state index in [0.717, 1.165) is 103 Å². The van der Waals surface area contributed by atoms with Gasteiger partial charge in [0.05, 0.1) is 13.2 Å². The van der Waals surface area contributed by atoms with Crippen LogP contribution in [0.25, 0.3) is 0 Å². The van der Waals surface area contributed by atoms with Crippen LogP contribution in [0.2, 0.25) is 0 Å². The normalized spacial score (nSPS) is 12.2. The lowest BCUT2D eigenvalue weighted by molar-refractivity contribution is -0.138. The van der Waals surface area contributed by atoms with Crippen LogP contribution in [0, 0.1) is 0 Å². The third kappa shape index (κ3) is 42.8. The fourth-order valence-corrected chi connectivity index (χ4v) is 8.00. The largest absolute Gasteiger partial charge is 0.463 e. The first-order chi connectivity index (χ1) is 29.0. The molecule has 0 unspecified atom stereocenters. The standard InChI is InChI=1S/C53H101NO5/c1-5-9-13-25-31-40-50(38-11-7-3)48-52(56)58-46-35-29-23-19-15-17-21-27-33-42-54(44-37-45-55)43-34-28-22-18-16-20-24-30-36-47-59-53(57)49-51(39-12-8-4)41-32-26-14-10-6-2/h48-49,55H,5-47H2,1-4H3/b50-48+,51-49?. The molecule has 0 amide bonds. The van der Waals surface area contributed by atoms with Crippen LogP contribution in [0.1, 0.15) is 265 Å². The second-order valence-electron chi connectivity index (χ2n) is 17.8. The average Bonchev–Trinajstić information content (AvgIpc) is 3.23. The predicted molar refractivity (Wildman–Crippen MR) is 255 cm³/mol. The summed E-state index contributed by atoms with van der Waals surface area (Å²) >= 11 is 0. The van der Waals surface area contributed by atoms with Gasteiger partial charge in [-0.25, -0.2) is 9.59 Å². The van der Waals surface area contributed by atoms with E-state index in [1.165, 1.54) is 165 Å². The fourth-order valence-electron chi connectivity index (χ4n) is 8.00. The molecule has 0 radical (unpaired) electrons. The summed E-state index contributed by atoms with van der Waals surface area (Å²) in [5.74, 6) is -0.261. The molecule has 6 heteroatoms. The molecule has 0 fully saturated rings. The molecule has 0 saturated carbocycles. The van der Waals surface area contributed by atoms with Gasteiger partial charge in [-0.1, -0.05) is 193 Å². The highest BCUT2D eigenvalue weighted by Gasteiger charge is 2.07. The number of aliphatic hydroxyl groups is 1. The molecule has 1 N–H and O–H groups in total. The molecule has 0 heterocycles. The third-order valence-electron chi connectivity index (χ3n) is 11.9. The van der Waals surface area contributed by atoms with E-state index in [-0.39, 0.29) is 18.5 Å². The van der Waals surface area contributed by atoms with Gasteiger partial charge in [0.25, 0.3) is 0 Å². The minimum Gasteiger partial charge on any atom is -0.463 e. The van der Waals surface area contributed by atoms with Gasteiger partial charge >= 0.3 is 11.9 Å². The van der Waals surface area contributed by atoms with Crippen molar-refractivity contribution >= 4 is 11.9 Å². The monoisotopic (exact) mass is 832 g/mol. The van der Waals surface area contributed by atoms with Gasteiger partial charge in [0.15, 0.2) is 0 Å². The number of esters is 2. The average molecular weight is 832 g/mol. The van der Waals surface area contributed by atoms with E-state index in [2.05, 4.69) is 32.6 Å². The maximum absolute atomic E-state index is 12.4. The first-order valence-corrected chi connectivity index (χ1v) is 26.1. The van der Waals surface area contributed by atoms with Crippen molar-refractivity contribution in [1.29, 1.82) is 0 Å². The number of carbonyl (C=O) groups is 2. The van der Waals surface area contributed by atoms with Crippen LogP contribution in [-0.4, -0.2) is 61.4 Å². The lowest BCUT2D eigenvalue weighted by Crippen LogP contribution is -2.27. The van der Waals surface area contributed by atoms with Gasteiger partial charge in [0, 0.05) is 25.3 Å². The summed E-state index contributed by atoms with van der Waals surface area (Å²) in [7, 11) is 0. The van der Waals surface area contributed by atoms with Gasteiger partial charge in [-0.2, -0.15) is 0 Å². The zero-order valence-electron chi connectivity index (χ0n) is 40.1. The molecular weight excluding hydrogens is 731 g/mol. The smallest absolute Gasteiger partial charge is 0.330 e. The van der Waals surface area contributed by atoms with E-state index in [1.807, 2.05) is 0 Å². The lowest BCUT2D eigenvalue weighted by atomic mass is 10.0. The summed E-state index contributed by atoms with van der Waals surface area (Å²) in [5.41, 5.74) is 2.57. The second kappa shape index (κ2) is 47.4. The first-order valence-electron chi connectivity index (χ1n) is 26.1. The van der Waals surface area contributed by atoms with Crippen molar-refractivity contribution in [3.63, 3.8) is 0 Å². The minimum absolute atomic E-state index is 0.131. The Morgan fingerprint density at radius 3 is 1.02 bits per heavy atom. The van der Waals surface area contributed by atoms with Crippen LogP contribution >= 0.6 is 0 Å². The number of hydrogen-bond donors (Lipinski definition) is 1. The number of nitrogens with zero attached hydrogens (tertiary/aromatic N) is 1.